The van der Waals surface area contributed by atoms with E-state index in [2.05, 4.69) is 296 Å². The molecule has 3 fully saturated rings. The van der Waals surface area contributed by atoms with E-state index in [1.54, 1.807) is 0 Å². The molecule has 0 bridgehead atoms. The zero-order chi connectivity index (χ0) is 69.6. The molecular weight excluding hydrogens is 1270 g/mol. The van der Waals surface area contributed by atoms with Crippen LogP contribution in [-0.4, -0.2) is 37.9 Å². The first kappa shape index (κ1) is 62.2. The highest BCUT2D eigenvalue weighted by atomic mass is 16.5. The summed E-state index contributed by atoms with van der Waals surface area (Å²) in [5.74, 6) is 0. The highest BCUT2D eigenvalue weighted by Crippen LogP contribution is 2.67. The van der Waals surface area contributed by atoms with Gasteiger partial charge in [0.25, 0.3) is 0 Å². The minimum absolute atomic E-state index is 0.254. The number of methoxy groups -OCH3 is 3. The maximum atomic E-state index is 7.12. The molecule has 0 N–H and O–H groups in total. The monoisotopic (exact) mass is 1350 g/mol. The van der Waals surface area contributed by atoms with Gasteiger partial charge >= 0.3 is 0 Å². The summed E-state index contributed by atoms with van der Waals surface area (Å²) in [6.07, 6.45) is 12.8. The normalized spacial score (nSPS) is 24.1. The molecule has 0 radical (unpaired) electrons. The van der Waals surface area contributed by atoms with E-state index in [4.69, 9.17) is 14.2 Å². The van der Waals surface area contributed by atoms with Gasteiger partial charge in [0, 0.05) is 72.1 Å². The zero-order valence-electron chi connectivity index (χ0n) is 60.4. The SMILES string of the molecule is COC12CCCCC1(C)N(c1ccccc1)c1ccc(-c3ccc4c5c(-c6ccccc6)c6c7ccc(-c8ccc9c(c8)C8(OC)CCCCC8(C)N9c8ccccc8)c8c(-c9ccc%10c(c9)C9(OC)CCCCC9(C)N%10c9ccccc9)ccc(c6c(-c6ccccc6)c5c5cccc3c54)c87)cc12. The number of ether oxygens (including phenoxy) is 3. The third-order valence-electron chi connectivity index (χ3n) is 27.4. The summed E-state index contributed by atoms with van der Waals surface area (Å²) >= 11 is 0. The second-order valence-electron chi connectivity index (χ2n) is 31.7. The molecule has 15 aromatic carbocycles. The fourth-order valence-electron chi connectivity index (χ4n) is 22.9. The van der Waals surface area contributed by atoms with Crippen LogP contribution in [0.1, 0.15) is 115 Å². The number of nitrogens with zero attached hydrogens (tertiary/aromatic N) is 3. The van der Waals surface area contributed by atoms with Crippen LogP contribution < -0.4 is 14.7 Å². The molecule has 6 nitrogen and oxygen atoms in total. The fourth-order valence-corrected chi connectivity index (χ4v) is 22.9. The summed E-state index contributed by atoms with van der Waals surface area (Å²) in [5, 5.41) is 15.4. The van der Waals surface area contributed by atoms with Crippen molar-refractivity contribution < 1.29 is 14.2 Å². The van der Waals surface area contributed by atoms with Gasteiger partial charge in [-0.1, -0.05) is 227 Å². The van der Waals surface area contributed by atoms with Gasteiger partial charge in [0.1, 0.15) is 16.8 Å². The van der Waals surface area contributed by atoms with Crippen LogP contribution in [0.15, 0.2) is 261 Å². The smallest absolute Gasteiger partial charge is 0.118 e. The first-order chi connectivity index (χ1) is 51.0. The number of para-hydroxylation sites is 3. The van der Waals surface area contributed by atoms with Crippen LogP contribution in [0.5, 0.6) is 0 Å². The summed E-state index contributed by atoms with van der Waals surface area (Å²) in [5.41, 5.74) is 21.0. The molecule has 3 aliphatic carbocycles. The van der Waals surface area contributed by atoms with Gasteiger partial charge in [-0.15, -0.1) is 0 Å². The van der Waals surface area contributed by atoms with Gasteiger partial charge in [0.15, 0.2) is 0 Å². The summed E-state index contributed by atoms with van der Waals surface area (Å²) in [6.45, 7) is 7.38. The lowest BCUT2D eigenvalue weighted by Gasteiger charge is -2.50. The Morgan fingerprint density at radius 2 is 0.558 bits per heavy atom. The summed E-state index contributed by atoms with van der Waals surface area (Å²) < 4.78 is 21.2. The third-order valence-corrected chi connectivity index (χ3v) is 27.4. The Labute approximate surface area is 609 Å². The zero-order valence-corrected chi connectivity index (χ0v) is 60.4. The Morgan fingerprint density at radius 1 is 0.250 bits per heavy atom. The highest BCUT2D eigenvalue weighted by Gasteiger charge is 2.64. The van der Waals surface area contributed by atoms with E-state index in [1.165, 1.54) is 178 Å². The molecule has 0 aromatic heterocycles. The lowest BCUT2D eigenvalue weighted by atomic mass is 9.68. The first-order valence-electron chi connectivity index (χ1n) is 38.2. The van der Waals surface area contributed by atoms with Gasteiger partial charge in [-0.2, -0.15) is 0 Å². The molecular formula is C98H85N3O3. The number of anilines is 6. The van der Waals surface area contributed by atoms with E-state index < -0.39 is 16.8 Å². The van der Waals surface area contributed by atoms with Crippen molar-refractivity contribution in [2.24, 2.45) is 0 Å². The van der Waals surface area contributed by atoms with Crippen LogP contribution in [0.3, 0.4) is 0 Å². The second kappa shape index (κ2) is 22.6. The van der Waals surface area contributed by atoms with E-state index in [1.807, 2.05) is 21.3 Å². The van der Waals surface area contributed by atoms with Gasteiger partial charge in [-0.3, -0.25) is 0 Å². The average molecular weight is 1350 g/mol. The third kappa shape index (κ3) is 7.91. The number of benzene rings is 13. The van der Waals surface area contributed by atoms with Crippen LogP contribution in [0.25, 0.3) is 120 Å². The van der Waals surface area contributed by atoms with Gasteiger partial charge in [-0.25, -0.2) is 0 Å². The predicted molar refractivity (Wildman–Crippen MR) is 433 cm³/mol. The standard InChI is InChI=1S/C98H85N3O3/c1-93-53-22-25-56-96(93,102-4)78-59-64(41-50-81(78)99(93)67-33-16-9-17-34-67)70-44-47-75-86-73(70)39-28-40-74(86)89-84(62-29-12-7-13-30-62)91-76-48-45-71(65-42-51-82-79(60-65)97(103-5)57-26-23-54-94(97,2)100(82)68-35-18-10-19-36-68)87-72(46-49-77(88(76)87)92(91)85(90(75)89)63-31-14-8-15-32-63)66-43-52-83-80(61-66)98(104-6)58-27-24-55-95(98,3)101(83)69-37-20-11-21-38-69/h7-21,28-52,59-61H,22-27,53-58H2,1-6H3. The number of rotatable bonds is 11. The molecule has 0 amide bonds. The Morgan fingerprint density at radius 3 is 0.923 bits per heavy atom. The van der Waals surface area contributed by atoms with Crippen LogP contribution in [0, 0.1) is 0 Å². The number of hydrogen-bond donors (Lipinski definition) is 0. The first-order valence-corrected chi connectivity index (χ1v) is 38.2. The molecule has 6 atom stereocenters. The molecule has 0 spiro atoms. The fraction of sp³-hybridized carbons (Fsp3) is 0.245. The maximum Gasteiger partial charge on any atom is 0.118 e. The largest absolute Gasteiger partial charge is 0.371 e. The van der Waals surface area contributed by atoms with E-state index in [0.29, 0.717) is 0 Å². The molecule has 3 heterocycles. The van der Waals surface area contributed by atoms with Crippen molar-refractivity contribution in [1.82, 2.24) is 0 Å². The number of fused-ring (bicyclic) bond motifs is 15. The van der Waals surface area contributed by atoms with Crippen molar-refractivity contribution in [2.45, 2.75) is 131 Å². The van der Waals surface area contributed by atoms with E-state index in [0.717, 1.165) is 70.6 Å². The Balaban J connectivity index is 0.859. The molecule has 3 aliphatic heterocycles. The topological polar surface area (TPSA) is 37.4 Å². The predicted octanol–water partition coefficient (Wildman–Crippen LogP) is 25.8. The molecule has 21 rings (SSSR count). The second-order valence-corrected chi connectivity index (χ2v) is 31.7. The molecule has 104 heavy (non-hydrogen) atoms. The molecule has 15 aromatic rings. The molecule has 6 heteroatoms. The van der Waals surface area contributed by atoms with Crippen LogP contribution in [-0.2, 0) is 31.0 Å². The van der Waals surface area contributed by atoms with Crippen molar-refractivity contribution >= 4 is 98.8 Å². The maximum absolute atomic E-state index is 7.12. The Hall–Kier alpha value is -10.3. The quantitative estimate of drug-likeness (QED) is 0.128. The molecule has 510 valence electrons. The van der Waals surface area contributed by atoms with Crippen LogP contribution in [0.4, 0.5) is 34.1 Å². The van der Waals surface area contributed by atoms with Crippen molar-refractivity contribution in [3.05, 3.63) is 278 Å². The molecule has 6 aliphatic rings. The average Bonchev–Trinajstić information content (AvgIpc) is 1.54. The van der Waals surface area contributed by atoms with E-state index >= 15 is 0 Å². The minimum atomic E-state index is -0.530. The summed E-state index contributed by atoms with van der Waals surface area (Å²) in [6, 6.07) is 100. The van der Waals surface area contributed by atoms with Crippen LogP contribution in [0.2, 0.25) is 0 Å². The van der Waals surface area contributed by atoms with Gasteiger partial charge in [0.2, 0.25) is 0 Å². The summed E-state index contributed by atoms with van der Waals surface area (Å²) in [7, 11) is 5.90. The van der Waals surface area contributed by atoms with Crippen molar-refractivity contribution in [2.75, 3.05) is 36.0 Å². The molecule has 6 unspecified atom stereocenters. The Kier molecular flexibility index (Phi) is 13.5. The minimum Gasteiger partial charge on any atom is -0.371 e. The van der Waals surface area contributed by atoms with E-state index in [-0.39, 0.29) is 16.6 Å². The highest BCUT2D eigenvalue weighted by molar-refractivity contribution is 6.47. The van der Waals surface area contributed by atoms with Gasteiger partial charge in [0.05, 0.1) is 16.6 Å². The van der Waals surface area contributed by atoms with Crippen molar-refractivity contribution in [1.29, 1.82) is 0 Å². The summed E-state index contributed by atoms with van der Waals surface area (Å²) in [4.78, 5) is 7.86. The lowest BCUT2D eigenvalue weighted by Crippen LogP contribution is -2.57. The van der Waals surface area contributed by atoms with Crippen molar-refractivity contribution in [3.63, 3.8) is 0 Å². The number of hydrogen-bond acceptors (Lipinski definition) is 6. The van der Waals surface area contributed by atoms with Crippen LogP contribution >= 0.6 is 0 Å². The van der Waals surface area contributed by atoms with Gasteiger partial charge < -0.3 is 28.9 Å². The van der Waals surface area contributed by atoms with Gasteiger partial charge in [-0.05, 0) is 252 Å². The lowest BCUT2D eigenvalue weighted by molar-refractivity contribution is -0.0872. The Bertz CT molecular complexity index is 5720. The molecule has 3 saturated carbocycles. The molecule has 0 saturated heterocycles. The van der Waals surface area contributed by atoms with E-state index in [9.17, 15) is 0 Å². The van der Waals surface area contributed by atoms with Crippen molar-refractivity contribution in [3.8, 4) is 55.6 Å².